The number of carbonyl (C=O) groups excluding carboxylic acids is 1. The molecule has 0 bridgehead atoms. The van der Waals surface area contributed by atoms with Gasteiger partial charge in [0.1, 0.15) is 17.3 Å². The van der Waals surface area contributed by atoms with Crippen molar-refractivity contribution in [2.75, 3.05) is 20.3 Å². The number of carbonyl (C=O) groups is 1. The molecule has 1 N–H and O–H groups in total. The second-order valence-corrected chi connectivity index (χ2v) is 5.55. The van der Waals surface area contributed by atoms with Crippen molar-refractivity contribution in [1.82, 2.24) is 5.32 Å². The van der Waals surface area contributed by atoms with Crippen LogP contribution in [0.15, 0.2) is 42.5 Å². The van der Waals surface area contributed by atoms with Crippen molar-refractivity contribution < 1.29 is 18.7 Å². The van der Waals surface area contributed by atoms with E-state index in [4.69, 9.17) is 21.1 Å². The molecule has 0 fully saturated rings. The Hall–Kier alpha value is -2.27. The Balaban J connectivity index is 1.69. The molecule has 6 heteroatoms. The number of hydrogen-bond acceptors (Lipinski definition) is 3. The lowest BCUT2D eigenvalue weighted by atomic mass is 10.2. The predicted octanol–water partition coefficient (Wildman–Crippen LogP) is 4.08. The standard InChI is InChI=1S/C18H19ClFNO3/c1-23-17-9-4-13(19)12-16(17)18(22)21-10-2-3-11-24-15-7-5-14(20)6-8-15/h4-9,12H,2-3,10-11H2,1H3,(H,21,22). The van der Waals surface area contributed by atoms with Gasteiger partial charge in [0.15, 0.2) is 0 Å². The first-order chi connectivity index (χ1) is 11.6. The summed E-state index contributed by atoms with van der Waals surface area (Å²) in [5, 5.41) is 3.30. The molecule has 1 amide bonds. The molecule has 0 heterocycles. The Morgan fingerprint density at radius 1 is 1.17 bits per heavy atom. The van der Waals surface area contributed by atoms with E-state index in [2.05, 4.69) is 5.32 Å². The van der Waals surface area contributed by atoms with Gasteiger partial charge in [-0.3, -0.25) is 4.79 Å². The van der Waals surface area contributed by atoms with Crippen molar-refractivity contribution in [3.63, 3.8) is 0 Å². The molecule has 0 spiro atoms. The number of nitrogens with one attached hydrogen (secondary N) is 1. The molecular weight excluding hydrogens is 333 g/mol. The zero-order chi connectivity index (χ0) is 17.4. The Morgan fingerprint density at radius 3 is 2.62 bits per heavy atom. The second-order valence-electron chi connectivity index (χ2n) is 5.11. The lowest BCUT2D eigenvalue weighted by Gasteiger charge is -2.10. The molecule has 0 radical (unpaired) electrons. The third-order valence-electron chi connectivity index (χ3n) is 3.35. The van der Waals surface area contributed by atoms with E-state index < -0.39 is 0 Å². The van der Waals surface area contributed by atoms with Gasteiger partial charge in [0.2, 0.25) is 0 Å². The molecule has 2 rings (SSSR count). The summed E-state index contributed by atoms with van der Waals surface area (Å²) >= 11 is 5.91. The predicted molar refractivity (Wildman–Crippen MR) is 91.5 cm³/mol. The van der Waals surface area contributed by atoms with Gasteiger partial charge in [-0.25, -0.2) is 4.39 Å². The van der Waals surface area contributed by atoms with E-state index in [-0.39, 0.29) is 11.7 Å². The minimum absolute atomic E-state index is 0.228. The smallest absolute Gasteiger partial charge is 0.255 e. The highest BCUT2D eigenvalue weighted by Crippen LogP contribution is 2.22. The zero-order valence-electron chi connectivity index (χ0n) is 13.4. The summed E-state index contributed by atoms with van der Waals surface area (Å²) < 4.78 is 23.4. The van der Waals surface area contributed by atoms with E-state index in [0.29, 0.717) is 35.2 Å². The zero-order valence-corrected chi connectivity index (χ0v) is 14.1. The van der Waals surface area contributed by atoms with E-state index in [0.717, 1.165) is 12.8 Å². The van der Waals surface area contributed by atoms with Crippen LogP contribution in [-0.2, 0) is 0 Å². The van der Waals surface area contributed by atoms with Gasteiger partial charge in [0.25, 0.3) is 5.91 Å². The normalized spacial score (nSPS) is 10.3. The van der Waals surface area contributed by atoms with Crippen molar-refractivity contribution in [2.24, 2.45) is 0 Å². The number of hydrogen-bond donors (Lipinski definition) is 1. The van der Waals surface area contributed by atoms with Crippen LogP contribution in [-0.4, -0.2) is 26.2 Å². The molecule has 0 saturated carbocycles. The highest BCUT2D eigenvalue weighted by Gasteiger charge is 2.12. The first-order valence-corrected chi connectivity index (χ1v) is 7.98. The number of amides is 1. The average Bonchev–Trinajstić information content (AvgIpc) is 2.59. The molecule has 128 valence electrons. The third-order valence-corrected chi connectivity index (χ3v) is 3.58. The van der Waals surface area contributed by atoms with E-state index in [1.54, 1.807) is 30.3 Å². The lowest BCUT2D eigenvalue weighted by molar-refractivity contribution is 0.0949. The van der Waals surface area contributed by atoms with Gasteiger partial charge in [-0.1, -0.05) is 11.6 Å². The molecule has 0 aliphatic rings. The van der Waals surface area contributed by atoms with Gasteiger partial charge in [-0.2, -0.15) is 0 Å². The number of unbranched alkanes of at least 4 members (excludes halogenated alkanes) is 1. The minimum Gasteiger partial charge on any atom is -0.496 e. The second kappa shape index (κ2) is 9.13. The van der Waals surface area contributed by atoms with Gasteiger partial charge in [0.05, 0.1) is 19.3 Å². The molecule has 2 aromatic rings. The molecule has 0 aliphatic carbocycles. The van der Waals surface area contributed by atoms with Gasteiger partial charge in [0, 0.05) is 11.6 Å². The maximum absolute atomic E-state index is 12.8. The van der Waals surface area contributed by atoms with Crippen molar-refractivity contribution in [3.8, 4) is 11.5 Å². The summed E-state index contributed by atoms with van der Waals surface area (Å²) in [4.78, 5) is 12.1. The number of ether oxygens (including phenoxy) is 2. The molecule has 24 heavy (non-hydrogen) atoms. The van der Waals surface area contributed by atoms with E-state index in [1.807, 2.05) is 0 Å². The van der Waals surface area contributed by atoms with Gasteiger partial charge in [-0.15, -0.1) is 0 Å². The van der Waals surface area contributed by atoms with Crippen LogP contribution < -0.4 is 14.8 Å². The van der Waals surface area contributed by atoms with Crippen molar-refractivity contribution in [3.05, 3.63) is 58.9 Å². The Labute approximate surface area is 145 Å². The van der Waals surface area contributed by atoms with Gasteiger partial charge < -0.3 is 14.8 Å². The summed E-state index contributed by atoms with van der Waals surface area (Å²) in [6.07, 6.45) is 1.53. The molecule has 4 nitrogen and oxygen atoms in total. The third kappa shape index (κ3) is 5.42. The van der Waals surface area contributed by atoms with E-state index >= 15 is 0 Å². The summed E-state index contributed by atoms with van der Waals surface area (Å²) in [6, 6.07) is 10.8. The number of rotatable bonds is 8. The fourth-order valence-electron chi connectivity index (χ4n) is 2.10. The maximum atomic E-state index is 12.8. The number of benzene rings is 2. The molecule has 0 saturated heterocycles. The molecule has 0 aliphatic heterocycles. The Morgan fingerprint density at radius 2 is 1.92 bits per heavy atom. The molecule has 0 atom stereocenters. The maximum Gasteiger partial charge on any atom is 0.255 e. The summed E-state index contributed by atoms with van der Waals surface area (Å²) in [5.41, 5.74) is 0.410. The Bertz CT molecular complexity index is 676. The molecule has 0 unspecified atom stereocenters. The van der Waals surface area contributed by atoms with Gasteiger partial charge in [-0.05, 0) is 55.3 Å². The molecule has 2 aromatic carbocycles. The minimum atomic E-state index is -0.290. The van der Waals surface area contributed by atoms with E-state index in [9.17, 15) is 9.18 Å². The van der Waals surface area contributed by atoms with Crippen LogP contribution in [0.25, 0.3) is 0 Å². The molecular formula is C18H19ClFNO3. The van der Waals surface area contributed by atoms with Crippen LogP contribution in [0.2, 0.25) is 5.02 Å². The lowest BCUT2D eigenvalue weighted by Crippen LogP contribution is -2.25. The van der Waals surface area contributed by atoms with Crippen LogP contribution in [0.5, 0.6) is 11.5 Å². The highest BCUT2D eigenvalue weighted by atomic mass is 35.5. The molecule has 0 aromatic heterocycles. The Kier molecular flexibility index (Phi) is 6.88. The van der Waals surface area contributed by atoms with Crippen LogP contribution in [0.3, 0.4) is 0 Å². The SMILES string of the molecule is COc1ccc(Cl)cc1C(=O)NCCCCOc1ccc(F)cc1. The van der Waals surface area contributed by atoms with Crippen LogP contribution >= 0.6 is 11.6 Å². The summed E-state index contributed by atoms with van der Waals surface area (Å²) in [7, 11) is 1.51. The largest absolute Gasteiger partial charge is 0.496 e. The highest BCUT2D eigenvalue weighted by molar-refractivity contribution is 6.31. The van der Waals surface area contributed by atoms with Crippen LogP contribution in [0, 0.1) is 5.82 Å². The monoisotopic (exact) mass is 351 g/mol. The fourth-order valence-corrected chi connectivity index (χ4v) is 2.27. The average molecular weight is 352 g/mol. The first-order valence-electron chi connectivity index (χ1n) is 7.60. The van der Waals surface area contributed by atoms with Crippen LogP contribution in [0.1, 0.15) is 23.2 Å². The van der Waals surface area contributed by atoms with Crippen molar-refractivity contribution >= 4 is 17.5 Å². The number of halogens is 2. The van der Waals surface area contributed by atoms with Crippen molar-refractivity contribution in [1.29, 1.82) is 0 Å². The van der Waals surface area contributed by atoms with Gasteiger partial charge >= 0.3 is 0 Å². The van der Waals surface area contributed by atoms with Crippen LogP contribution in [0.4, 0.5) is 4.39 Å². The topological polar surface area (TPSA) is 47.6 Å². The number of methoxy groups -OCH3 is 1. The van der Waals surface area contributed by atoms with E-state index in [1.165, 1.54) is 19.2 Å². The summed E-state index contributed by atoms with van der Waals surface area (Å²) in [6.45, 7) is 1.02. The first kappa shape index (κ1) is 18.1. The van der Waals surface area contributed by atoms with Crippen molar-refractivity contribution in [2.45, 2.75) is 12.8 Å². The summed E-state index contributed by atoms with van der Waals surface area (Å²) in [5.74, 6) is 0.593. The quantitative estimate of drug-likeness (QED) is 0.729. The fraction of sp³-hybridized carbons (Fsp3) is 0.278.